The van der Waals surface area contributed by atoms with Crippen LogP contribution < -0.4 is 5.69 Å². The van der Waals surface area contributed by atoms with Crippen LogP contribution >= 0.6 is 0 Å². The van der Waals surface area contributed by atoms with E-state index in [-0.39, 0.29) is 11.3 Å². The molecule has 3 nitrogen and oxygen atoms in total. The van der Waals surface area contributed by atoms with Crippen molar-refractivity contribution in [3.05, 3.63) is 52.1 Å². The van der Waals surface area contributed by atoms with Gasteiger partial charge in [0, 0.05) is 17.3 Å². The number of H-pyrrole nitrogens is 1. The smallest absolute Gasteiger partial charge is 0.310 e. The highest BCUT2D eigenvalue weighted by molar-refractivity contribution is 5.59. The lowest BCUT2D eigenvalue weighted by molar-refractivity contribution is 0.584. The summed E-state index contributed by atoms with van der Waals surface area (Å²) >= 11 is 0. The molecule has 0 radical (unpaired) electrons. The van der Waals surface area contributed by atoms with Gasteiger partial charge in [-0.05, 0) is 25.1 Å². The van der Waals surface area contributed by atoms with Gasteiger partial charge in [0.1, 0.15) is 11.6 Å². The third kappa shape index (κ3) is 2.13. The Morgan fingerprint density at radius 1 is 1.12 bits per heavy atom. The van der Waals surface area contributed by atoms with E-state index in [1.54, 1.807) is 13.0 Å². The SMILES string of the molecule is Cc1cc(-c2cc(F)cc(F)c2)nc(=O)[nH]1. The zero-order valence-corrected chi connectivity index (χ0v) is 8.42. The first-order valence-electron chi connectivity index (χ1n) is 4.59. The number of aromatic nitrogens is 2. The van der Waals surface area contributed by atoms with E-state index in [0.29, 0.717) is 5.69 Å². The number of aromatic amines is 1. The molecule has 0 bridgehead atoms. The fraction of sp³-hybridized carbons (Fsp3) is 0.0909. The molecule has 2 aromatic rings. The molecule has 0 fully saturated rings. The molecule has 0 aliphatic rings. The Kier molecular flexibility index (Phi) is 2.52. The summed E-state index contributed by atoms with van der Waals surface area (Å²) in [6.07, 6.45) is 0. The summed E-state index contributed by atoms with van der Waals surface area (Å²) in [6.45, 7) is 1.67. The van der Waals surface area contributed by atoms with Crippen LogP contribution in [0.1, 0.15) is 5.69 Å². The van der Waals surface area contributed by atoms with Crippen LogP contribution in [0.2, 0.25) is 0 Å². The highest BCUT2D eigenvalue weighted by Gasteiger charge is 2.05. The van der Waals surface area contributed by atoms with Crippen molar-refractivity contribution in [2.24, 2.45) is 0 Å². The highest BCUT2D eigenvalue weighted by Crippen LogP contribution is 2.18. The molecule has 0 unspecified atom stereocenters. The van der Waals surface area contributed by atoms with Crippen LogP contribution in [0.5, 0.6) is 0 Å². The molecule has 0 aliphatic carbocycles. The van der Waals surface area contributed by atoms with Crippen molar-refractivity contribution < 1.29 is 8.78 Å². The third-order valence-electron chi connectivity index (χ3n) is 2.04. The second-order valence-electron chi connectivity index (χ2n) is 3.41. The Bertz CT molecular complexity index is 573. The number of hydrogen-bond donors (Lipinski definition) is 1. The minimum Gasteiger partial charge on any atom is -0.310 e. The average Bonchev–Trinajstić information content (AvgIpc) is 2.14. The first-order chi connectivity index (χ1) is 7.54. The van der Waals surface area contributed by atoms with Gasteiger partial charge in [0.2, 0.25) is 0 Å². The van der Waals surface area contributed by atoms with E-state index < -0.39 is 17.3 Å². The molecule has 0 saturated carbocycles. The fourth-order valence-corrected chi connectivity index (χ4v) is 1.43. The van der Waals surface area contributed by atoms with Crippen molar-refractivity contribution in [3.63, 3.8) is 0 Å². The quantitative estimate of drug-likeness (QED) is 0.802. The maximum Gasteiger partial charge on any atom is 0.345 e. The van der Waals surface area contributed by atoms with E-state index in [2.05, 4.69) is 9.97 Å². The van der Waals surface area contributed by atoms with Crippen molar-refractivity contribution >= 4 is 0 Å². The molecule has 0 aliphatic heterocycles. The van der Waals surface area contributed by atoms with Gasteiger partial charge in [0.15, 0.2) is 0 Å². The molecule has 0 saturated heterocycles. The van der Waals surface area contributed by atoms with Crippen LogP contribution in [-0.2, 0) is 0 Å². The minimum atomic E-state index is -0.699. The molecule has 5 heteroatoms. The standard InChI is InChI=1S/C11H8F2N2O/c1-6-2-10(15-11(16)14-6)7-3-8(12)5-9(13)4-7/h2-5H,1H3,(H,14,15,16). The molecular weight excluding hydrogens is 214 g/mol. The Morgan fingerprint density at radius 3 is 2.31 bits per heavy atom. The summed E-state index contributed by atoms with van der Waals surface area (Å²) in [4.78, 5) is 17.2. The lowest BCUT2D eigenvalue weighted by Gasteiger charge is -2.02. The number of hydrogen-bond acceptors (Lipinski definition) is 2. The van der Waals surface area contributed by atoms with Crippen molar-refractivity contribution in [3.8, 4) is 11.3 Å². The lowest BCUT2D eigenvalue weighted by Crippen LogP contribution is -2.12. The number of rotatable bonds is 1. The number of halogens is 2. The summed E-state index contributed by atoms with van der Waals surface area (Å²) in [6, 6.07) is 4.58. The van der Waals surface area contributed by atoms with Crippen molar-refractivity contribution in [2.45, 2.75) is 6.92 Å². The topological polar surface area (TPSA) is 45.8 Å². The monoisotopic (exact) mass is 222 g/mol. The predicted octanol–water partition coefficient (Wildman–Crippen LogP) is 2.02. The van der Waals surface area contributed by atoms with Gasteiger partial charge >= 0.3 is 5.69 Å². The Morgan fingerprint density at radius 2 is 1.75 bits per heavy atom. The summed E-state index contributed by atoms with van der Waals surface area (Å²) in [5.74, 6) is -1.40. The Labute approximate surface area is 89.8 Å². The fourth-order valence-electron chi connectivity index (χ4n) is 1.43. The molecule has 1 aromatic carbocycles. The van der Waals surface area contributed by atoms with Crippen LogP contribution in [0.3, 0.4) is 0 Å². The van der Waals surface area contributed by atoms with E-state index in [0.717, 1.165) is 18.2 Å². The molecule has 1 N–H and O–H groups in total. The number of benzene rings is 1. The largest absolute Gasteiger partial charge is 0.345 e. The summed E-state index contributed by atoms with van der Waals surface area (Å²) in [5, 5.41) is 0. The first kappa shape index (κ1) is 10.5. The highest BCUT2D eigenvalue weighted by atomic mass is 19.1. The molecule has 0 spiro atoms. The molecule has 0 amide bonds. The summed E-state index contributed by atoms with van der Waals surface area (Å²) in [7, 11) is 0. The maximum absolute atomic E-state index is 13.0. The van der Waals surface area contributed by atoms with Crippen molar-refractivity contribution in [2.75, 3.05) is 0 Å². The van der Waals surface area contributed by atoms with Gasteiger partial charge in [-0.25, -0.2) is 13.6 Å². The lowest BCUT2D eigenvalue weighted by atomic mass is 10.1. The number of nitrogens with zero attached hydrogens (tertiary/aromatic N) is 1. The van der Waals surface area contributed by atoms with Gasteiger partial charge in [0.05, 0.1) is 5.69 Å². The van der Waals surface area contributed by atoms with Gasteiger partial charge in [-0.1, -0.05) is 0 Å². The number of nitrogens with one attached hydrogen (secondary N) is 1. The van der Waals surface area contributed by atoms with Crippen molar-refractivity contribution in [1.29, 1.82) is 0 Å². The zero-order valence-electron chi connectivity index (χ0n) is 8.42. The van der Waals surface area contributed by atoms with Gasteiger partial charge in [-0.2, -0.15) is 4.98 Å². The third-order valence-corrected chi connectivity index (χ3v) is 2.04. The van der Waals surface area contributed by atoms with Crippen LogP contribution in [0, 0.1) is 18.6 Å². The van der Waals surface area contributed by atoms with E-state index in [4.69, 9.17) is 0 Å². The van der Waals surface area contributed by atoms with Crippen LogP contribution in [-0.4, -0.2) is 9.97 Å². The molecule has 0 atom stereocenters. The summed E-state index contributed by atoms with van der Waals surface area (Å²) in [5.41, 5.74) is 0.533. The van der Waals surface area contributed by atoms with E-state index in [1.807, 2.05) is 0 Å². The Hall–Kier alpha value is -2.04. The predicted molar refractivity (Wildman–Crippen MR) is 54.9 cm³/mol. The molecule has 16 heavy (non-hydrogen) atoms. The molecule has 82 valence electrons. The second-order valence-corrected chi connectivity index (χ2v) is 3.41. The number of aryl methyl sites for hydroxylation is 1. The van der Waals surface area contributed by atoms with E-state index in [1.165, 1.54) is 0 Å². The van der Waals surface area contributed by atoms with E-state index in [9.17, 15) is 13.6 Å². The van der Waals surface area contributed by atoms with Crippen LogP contribution in [0.25, 0.3) is 11.3 Å². The van der Waals surface area contributed by atoms with Crippen LogP contribution in [0.15, 0.2) is 29.1 Å². The van der Waals surface area contributed by atoms with Gasteiger partial charge in [0.25, 0.3) is 0 Å². The van der Waals surface area contributed by atoms with Gasteiger partial charge in [-0.15, -0.1) is 0 Å². The van der Waals surface area contributed by atoms with Crippen molar-refractivity contribution in [1.82, 2.24) is 9.97 Å². The molecule has 1 heterocycles. The first-order valence-corrected chi connectivity index (χ1v) is 4.59. The maximum atomic E-state index is 13.0. The zero-order chi connectivity index (χ0) is 11.7. The Balaban J connectivity index is 2.62. The molecular formula is C11H8F2N2O. The van der Waals surface area contributed by atoms with Gasteiger partial charge < -0.3 is 4.98 Å². The second kappa shape index (κ2) is 3.84. The van der Waals surface area contributed by atoms with Gasteiger partial charge in [-0.3, -0.25) is 0 Å². The minimum absolute atomic E-state index is 0.242. The normalized spacial score (nSPS) is 10.4. The summed E-state index contributed by atoms with van der Waals surface area (Å²) < 4.78 is 25.9. The molecule has 2 rings (SSSR count). The average molecular weight is 222 g/mol. The van der Waals surface area contributed by atoms with Crippen LogP contribution in [0.4, 0.5) is 8.78 Å². The van der Waals surface area contributed by atoms with E-state index >= 15 is 0 Å². The molecule has 1 aromatic heterocycles.